The summed E-state index contributed by atoms with van der Waals surface area (Å²) in [5.74, 6) is -0.725. The molecule has 1 unspecified atom stereocenters. The number of hydrogen-bond acceptors (Lipinski definition) is 3. The Morgan fingerprint density at radius 3 is 2.81 bits per heavy atom. The van der Waals surface area contributed by atoms with Crippen LogP contribution in [0.15, 0.2) is 30.3 Å². The fraction of sp³-hybridized carbons (Fsp3) is 0.562. The van der Waals surface area contributed by atoms with Crippen molar-refractivity contribution in [2.75, 3.05) is 26.2 Å². The van der Waals surface area contributed by atoms with Gasteiger partial charge in [-0.3, -0.25) is 4.79 Å². The Morgan fingerprint density at radius 2 is 2.10 bits per heavy atom. The molecule has 0 amide bonds. The third kappa shape index (κ3) is 6.93. The standard InChI is InChI=1S/C16H23NO3.ClH/c18-16(19)9-11-17-10-8-15(13-17)20-12-4-7-14-5-2-1-3-6-14;/h1-3,5-6,15H,4,7-13H2,(H,18,19);1H. The van der Waals surface area contributed by atoms with Crippen LogP contribution in [0, 0.1) is 0 Å². The minimum atomic E-state index is -0.725. The molecule has 0 spiro atoms. The highest BCUT2D eigenvalue weighted by molar-refractivity contribution is 5.85. The zero-order chi connectivity index (χ0) is 14.2. The predicted octanol–water partition coefficient (Wildman–Crippen LogP) is 2.61. The van der Waals surface area contributed by atoms with Gasteiger partial charge in [-0.1, -0.05) is 30.3 Å². The molecule has 1 heterocycles. The molecule has 1 aromatic rings. The normalized spacial score (nSPS) is 18.4. The minimum Gasteiger partial charge on any atom is -0.481 e. The van der Waals surface area contributed by atoms with E-state index in [1.54, 1.807) is 0 Å². The first-order valence-electron chi connectivity index (χ1n) is 7.34. The molecule has 0 aliphatic carbocycles. The summed E-state index contributed by atoms with van der Waals surface area (Å²) in [6.07, 6.45) is 3.61. The lowest BCUT2D eigenvalue weighted by molar-refractivity contribution is -0.137. The van der Waals surface area contributed by atoms with Crippen LogP contribution in [0.1, 0.15) is 24.8 Å². The number of likely N-dealkylation sites (tertiary alicyclic amines) is 1. The molecule has 4 nitrogen and oxygen atoms in total. The van der Waals surface area contributed by atoms with Gasteiger partial charge >= 0.3 is 5.97 Å². The van der Waals surface area contributed by atoms with Crippen LogP contribution in [0.25, 0.3) is 0 Å². The van der Waals surface area contributed by atoms with Gasteiger partial charge in [-0.2, -0.15) is 0 Å². The van der Waals surface area contributed by atoms with Crippen LogP contribution in [0.3, 0.4) is 0 Å². The van der Waals surface area contributed by atoms with E-state index in [1.807, 2.05) is 6.07 Å². The number of rotatable bonds is 8. The number of carboxylic acids is 1. The van der Waals surface area contributed by atoms with E-state index in [2.05, 4.69) is 29.2 Å². The second-order valence-corrected chi connectivity index (χ2v) is 5.31. The summed E-state index contributed by atoms with van der Waals surface area (Å²) in [5, 5.41) is 8.66. The van der Waals surface area contributed by atoms with E-state index in [0.717, 1.165) is 39.0 Å². The van der Waals surface area contributed by atoms with Crippen LogP contribution in [0.4, 0.5) is 0 Å². The molecule has 1 aromatic carbocycles. The number of halogens is 1. The van der Waals surface area contributed by atoms with E-state index in [0.29, 0.717) is 6.54 Å². The molecule has 0 radical (unpaired) electrons. The number of carbonyl (C=O) groups is 1. The van der Waals surface area contributed by atoms with E-state index in [1.165, 1.54) is 5.56 Å². The molecule has 0 saturated carbocycles. The maximum absolute atomic E-state index is 10.5. The number of aryl methyl sites for hydroxylation is 1. The van der Waals surface area contributed by atoms with Crippen LogP contribution in [-0.4, -0.2) is 48.3 Å². The molecule has 118 valence electrons. The third-order valence-electron chi connectivity index (χ3n) is 3.68. The van der Waals surface area contributed by atoms with Crippen LogP contribution in [0.2, 0.25) is 0 Å². The first-order valence-corrected chi connectivity index (χ1v) is 7.34. The van der Waals surface area contributed by atoms with Crippen molar-refractivity contribution >= 4 is 18.4 Å². The number of benzene rings is 1. The highest BCUT2D eigenvalue weighted by Crippen LogP contribution is 2.13. The van der Waals surface area contributed by atoms with E-state index in [9.17, 15) is 4.79 Å². The Labute approximate surface area is 132 Å². The maximum Gasteiger partial charge on any atom is 0.304 e. The summed E-state index contributed by atoms with van der Waals surface area (Å²) in [6, 6.07) is 10.4. The Morgan fingerprint density at radius 1 is 1.33 bits per heavy atom. The highest BCUT2D eigenvalue weighted by atomic mass is 35.5. The van der Waals surface area contributed by atoms with Gasteiger partial charge in [-0.05, 0) is 24.8 Å². The van der Waals surface area contributed by atoms with Crippen molar-refractivity contribution in [2.24, 2.45) is 0 Å². The topological polar surface area (TPSA) is 49.8 Å². The highest BCUT2D eigenvalue weighted by Gasteiger charge is 2.22. The predicted molar refractivity (Wildman–Crippen MR) is 85.1 cm³/mol. The first kappa shape index (κ1) is 18.0. The number of aliphatic carboxylic acids is 1. The molecule has 1 aliphatic heterocycles. The molecule has 0 aromatic heterocycles. The maximum atomic E-state index is 10.5. The lowest BCUT2D eigenvalue weighted by Crippen LogP contribution is -2.26. The molecule has 1 atom stereocenters. The van der Waals surface area contributed by atoms with Crippen molar-refractivity contribution in [1.82, 2.24) is 4.90 Å². The van der Waals surface area contributed by atoms with Crippen molar-refractivity contribution in [3.63, 3.8) is 0 Å². The van der Waals surface area contributed by atoms with Crippen molar-refractivity contribution in [3.05, 3.63) is 35.9 Å². The molecule has 5 heteroatoms. The molecule has 21 heavy (non-hydrogen) atoms. The van der Waals surface area contributed by atoms with Gasteiger partial charge in [0.1, 0.15) is 0 Å². The zero-order valence-corrected chi connectivity index (χ0v) is 13.1. The lowest BCUT2D eigenvalue weighted by Gasteiger charge is -2.15. The van der Waals surface area contributed by atoms with Crippen molar-refractivity contribution < 1.29 is 14.6 Å². The largest absolute Gasteiger partial charge is 0.481 e. The Hall–Kier alpha value is -1.10. The van der Waals surface area contributed by atoms with Crippen LogP contribution >= 0.6 is 12.4 Å². The van der Waals surface area contributed by atoms with E-state index in [4.69, 9.17) is 9.84 Å². The van der Waals surface area contributed by atoms with Gasteiger partial charge in [0.2, 0.25) is 0 Å². The molecular formula is C16H24ClNO3. The molecule has 2 rings (SSSR count). The van der Waals surface area contributed by atoms with Crippen molar-refractivity contribution in [1.29, 1.82) is 0 Å². The number of nitrogens with zero attached hydrogens (tertiary/aromatic N) is 1. The van der Waals surface area contributed by atoms with Gasteiger partial charge in [0.05, 0.1) is 12.5 Å². The first-order chi connectivity index (χ1) is 9.74. The molecule has 1 fully saturated rings. The quantitative estimate of drug-likeness (QED) is 0.750. The molecular weight excluding hydrogens is 290 g/mol. The van der Waals surface area contributed by atoms with Gasteiger partial charge in [0.15, 0.2) is 0 Å². The molecule has 1 aliphatic rings. The van der Waals surface area contributed by atoms with Crippen molar-refractivity contribution in [2.45, 2.75) is 31.8 Å². The second kappa shape index (κ2) is 9.77. The van der Waals surface area contributed by atoms with Gasteiger partial charge in [-0.15, -0.1) is 12.4 Å². The summed E-state index contributed by atoms with van der Waals surface area (Å²) in [6.45, 7) is 3.25. The summed E-state index contributed by atoms with van der Waals surface area (Å²) in [5.41, 5.74) is 1.35. The lowest BCUT2D eigenvalue weighted by atomic mass is 10.1. The number of hydrogen-bond donors (Lipinski definition) is 1. The number of ether oxygens (including phenoxy) is 1. The fourth-order valence-corrected chi connectivity index (χ4v) is 2.56. The van der Waals surface area contributed by atoms with E-state index >= 15 is 0 Å². The minimum absolute atomic E-state index is 0. The SMILES string of the molecule is Cl.O=C(O)CCN1CCC(OCCCc2ccccc2)C1. The monoisotopic (exact) mass is 313 g/mol. The zero-order valence-electron chi connectivity index (χ0n) is 12.2. The molecule has 1 N–H and O–H groups in total. The summed E-state index contributed by atoms with van der Waals surface area (Å²) < 4.78 is 5.87. The second-order valence-electron chi connectivity index (χ2n) is 5.31. The van der Waals surface area contributed by atoms with Crippen LogP contribution < -0.4 is 0 Å². The van der Waals surface area contributed by atoms with E-state index < -0.39 is 5.97 Å². The molecule has 0 bridgehead atoms. The van der Waals surface area contributed by atoms with Gasteiger partial charge in [-0.25, -0.2) is 0 Å². The third-order valence-corrected chi connectivity index (χ3v) is 3.68. The smallest absolute Gasteiger partial charge is 0.304 e. The summed E-state index contributed by atoms with van der Waals surface area (Å²) in [4.78, 5) is 12.7. The Balaban J connectivity index is 0.00000220. The fourth-order valence-electron chi connectivity index (χ4n) is 2.56. The Bertz CT molecular complexity index is 413. The summed E-state index contributed by atoms with van der Waals surface area (Å²) >= 11 is 0. The average molecular weight is 314 g/mol. The number of carboxylic acid groups (broad SMARTS) is 1. The van der Waals surface area contributed by atoms with Gasteiger partial charge in [0, 0.05) is 26.2 Å². The van der Waals surface area contributed by atoms with Crippen LogP contribution in [-0.2, 0) is 16.0 Å². The van der Waals surface area contributed by atoms with Gasteiger partial charge < -0.3 is 14.7 Å². The summed E-state index contributed by atoms with van der Waals surface area (Å²) in [7, 11) is 0. The van der Waals surface area contributed by atoms with E-state index in [-0.39, 0.29) is 24.9 Å². The van der Waals surface area contributed by atoms with Crippen LogP contribution in [0.5, 0.6) is 0 Å². The van der Waals surface area contributed by atoms with Gasteiger partial charge in [0.25, 0.3) is 0 Å². The molecule has 1 saturated heterocycles. The Kier molecular flexibility index (Phi) is 8.35. The van der Waals surface area contributed by atoms with Crippen molar-refractivity contribution in [3.8, 4) is 0 Å². The average Bonchev–Trinajstić information content (AvgIpc) is 2.90.